The molecular weight excluding hydrogens is 183 g/mol. The van der Waals surface area contributed by atoms with Crippen LogP contribution >= 0.6 is 0 Å². The summed E-state index contributed by atoms with van der Waals surface area (Å²) in [6, 6.07) is 0. The minimum absolute atomic E-state index is 0.470. The molecule has 0 aromatic rings. The first-order valence-electron chi connectivity index (χ1n) is 3.71. The van der Waals surface area contributed by atoms with Gasteiger partial charge in [0.2, 0.25) is 0 Å². The molecule has 0 fully saturated rings. The molecule has 0 unspecified atom stereocenters. The molecule has 0 atom stereocenters. The van der Waals surface area contributed by atoms with Gasteiger partial charge in [-0.1, -0.05) is 12.2 Å². The smallest absolute Gasteiger partial charge is 0.388 e. The third-order valence-corrected chi connectivity index (χ3v) is 1.24. The Kier molecular flexibility index (Phi) is 5.22. The number of likely N-dealkylation sites (N-methyl/N-ethyl adjacent to an activating group) is 1. The van der Waals surface area contributed by atoms with E-state index >= 15 is 0 Å². The van der Waals surface area contributed by atoms with E-state index in [2.05, 4.69) is 10.1 Å². The van der Waals surface area contributed by atoms with E-state index in [-0.39, 0.29) is 0 Å². The van der Waals surface area contributed by atoms with Crippen LogP contribution in [0.25, 0.3) is 0 Å². The van der Waals surface area contributed by atoms with Crippen molar-refractivity contribution in [3.05, 3.63) is 23.9 Å². The van der Waals surface area contributed by atoms with Crippen molar-refractivity contribution in [3.63, 3.8) is 0 Å². The first-order chi connectivity index (χ1) is 5.99. The van der Waals surface area contributed by atoms with Crippen molar-refractivity contribution in [2.24, 2.45) is 0 Å². The van der Waals surface area contributed by atoms with Crippen molar-refractivity contribution in [1.82, 2.24) is 5.32 Å². The lowest BCUT2D eigenvalue weighted by atomic mass is 10.3. The summed E-state index contributed by atoms with van der Waals surface area (Å²) < 4.78 is 37.9. The van der Waals surface area contributed by atoms with Crippen LogP contribution in [0.15, 0.2) is 23.9 Å². The number of ether oxygens (including phenoxy) is 1. The Morgan fingerprint density at radius 1 is 1.46 bits per heavy atom. The van der Waals surface area contributed by atoms with Crippen LogP contribution in [-0.4, -0.2) is 20.0 Å². The summed E-state index contributed by atoms with van der Waals surface area (Å²) in [7, 11) is 1.68. The highest BCUT2D eigenvalue weighted by atomic mass is 19.4. The Hall–Kier alpha value is -0.970. The van der Waals surface area contributed by atoms with E-state index in [9.17, 15) is 13.2 Å². The van der Waals surface area contributed by atoms with Crippen molar-refractivity contribution in [2.75, 3.05) is 13.7 Å². The maximum atomic E-state index is 11.5. The average Bonchev–Trinajstić information content (AvgIpc) is 2.03. The average molecular weight is 195 g/mol. The molecule has 0 heterocycles. The molecule has 0 amide bonds. The van der Waals surface area contributed by atoms with Crippen LogP contribution in [-0.2, 0) is 4.74 Å². The van der Waals surface area contributed by atoms with E-state index in [4.69, 9.17) is 0 Å². The molecule has 0 bridgehead atoms. The van der Waals surface area contributed by atoms with Crippen LogP contribution < -0.4 is 5.32 Å². The molecule has 0 saturated heterocycles. The molecule has 1 N–H and O–H groups in total. The zero-order valence-electron chi connectivity index (χ0n) is 7.48. The van der Waals surface area contributed by atoms with Crippen LogP contribution in [0.4, 0.5) is 13.2 Å². The van der Waals surface area contributed by atoms with E-state index in [0.29, 0.717) is 0 Å². The summed E-state index contributed by atoms with van der Waals surface area (Å²) in [5, 5.41) is 2.79. The summed E-state index contributed by atoms with van der Waals surface area (Å²) in [4.78, 5) is 0. The molecule has 5 heteroatoms. The molecular formula is C8H12F3NO. The minimum atomic E-state index is -4.56. The van der Waals surface area contributed by atoms with E-state index < -0.39 is 13.0 Å². The molecule has 0 aliphatic heterocycles. The highest BCUT2D eigenvalue weighted by molar-refractivity contribution is 5.15. The van der Waals surface area contributed by atoms with Gasteiger partial charge in [-0.2, -0.15) is 0 Å². The number of hydrogen-bond donors (Lipinski definition) is 1. The van der Waals surface area contributed by atoms with Gasteiger partial charge in [-0.05, 0) is 13.0 Å². The Morgan fingerprint density at radius 2 is 2.08 bits per heavy atom. The summed E-state index contributed by atoms with van der Waals surface area (Å²) >= 11 is 0. The highest BCUT2D eigenvalue weighted by Crippen LogP contribution is 2.15. The van der Waals surface area contributed by atoms with E-state index in [1.807, 2.05) is 0 Å². The maximum absolute atomic E-state index is 11.5. The predicted molar refractivity (Wildman–Crippen MR) is 44.0 cm³/mol. The normalized spacial score (nSPS) is 13.8. The zero-order valence-corrected chi connectivity index (χ0v) is 7.48. The number of hydrogen-bond acceptors (Lipinski definition) is 2. The SMILES string of the molecule is C/C=C(\C=C/COC(F)(F)F)NC. The minimum Gasteiger partial charge on any atom is -0.388 e. The first-order valence-corrected chi connectivity index (χ1v) is 3.71. The van der Waals surface area contributed by atoms with Gasteiger partial charge in [-0.3, -0.25) is 4.74 Å². The van der Waals surface area contributed by atoms with Gasteiger partial charge in [0.15, 0.2) is 0 Å². The van der Waals surface area contributed by atoms with Crippen molar-refractivity contribution in [2.45, 2.75) is 13.3 Å². The molecule has 0 aromatic carbocycles. The molecule has 0 aliphatic rings. The van der Waals surface area contributed by atoms with Crippen LogP contribution in [0.2, 0.25) is 0 Å². The van der Waals surface area contributed by atoms with Crippen molar-refractivity contribution < 1.29 is 17.9 Å². The quantitative estimate of drug-likeness (QED) is 0.694. The lowest BCUT2D eigenvalue weighted by Crippen LogP contribution is -2.13. The Labute approximate surface area is 75.1 Å². The van der Waals surface area contributed by atoms with Gasteiger partial charge in [0.25, 0.3) is 0 Å². The summed E-state index contributed by atoms with van der Waals surface area (Å²) in [6.45, 7) is 1.31. The lowest BCUT2D eigenvalue weighted by molar-refractivity contribution is -0.319. The molecule has 0 saturated carbocycles. The van der Waals surface area contributed by atoms with Crippen molar-refractivity contribution >= 4 is 0 Å². The van der Waals surface area contributed by atoms with Crippen LogP contribution in [0.1, 0.15) is 6.92 Å². The van der Waals surface area contributed by atoms with Crippen molar-refractivity contribution in [1.29, 1.82) is 0 Å². The fourth-order valence-electron chi connectivity index (χ4n) is 0.642. The fourth-order valence-corrected chi connectivity index (χ4v) is 0.642. The molecule has 76 valence electrons. The summed E-state index contributed by atoms with van der Waals surface area (Å²) in [6.07, 6.45) is -0.00473. The van der Waals surface area contributed by atoms with E-state index in [1.165, 1.54) is 12.2 Å². The topological polar surface area (TPSA) is 21.3 Å². The third kappa shape index (κ3) is 7.39. The number of rotatable bonds is 4. The monoisotopic (exact) mass is 195 g/mol. The zero-order chi connectivity index (χ0) is 10.3. The fraction of sp³-hybridized carbons (Fsp3) is 0.500. The van der Waals surface area contributed by atoms with Gasteiger partial charge in [0.1, 0.15) is 0 Å². The van der Waals surface area contributed by atoms with Gasteiger partial charge >= 0.3 is 6.36 Å². The van der Waals surface area contributed by atoms with Crippen LogP contribution in [0.3, 0.4) is 0 Å². The highest BCUT2D eigenvalue weighted by Gasteiger charge is 2.27. The standard InChI is InChI=1S/C8H12F3NO/c1-3-7(12-2)5-4-6-13-8(9,10)11/h3-5,12H,6H2,1-2H3/b5-4-,7-3+. The summed E-state index contributed by atoms with van der Waals surface area (Å²) in [5.74, 6) is 0. The van der Waals surface area contributed by atoms with Gasteiger partial charge in [-0.15, -0.1) is 13.2 Å². The second-order valence-electron chi connectivity index (χ2n) is 2.15. The molecule has 0 radical (unpaired) electrons. The first kappa shape index (κ1) is 12.0. The van der Waals surface area contributed by atoms with Gasteiger partial charge in [-0.25, -0.2) is 0 Å². The third-order valence-electron chi connectivity index (χ3n) is 1.24. The second kappa shape index (κ2) is 5.64. The molecule has 0 spiro atoms. The predicted octanol–water partition coefficient (Wildman–Crippen LogP) is 2.20. The van der Waals surface area contributed by atoms with E-state index in [1.54, 1.807) is 20.0 Å². The maximum Gasteiger partial charge on any atom is 0.522 e. The molecule has 13 heavy (non-hydrogen) atoms. The Morgan fingerprint density at radius 3 is 2.46 bits per heavy atom. The molecule has 0 rings (SSSR count). The number of nitrogens with one attached hydrogen (secondary N) is 1. The van der Waals surface area contributed by atoms with Gasteiger partial charge in [0.05, 0.1) is 6.61 Å². The number of halogens is 3. The Balaban J connectivity index is 3.76. The lowest BCUT2D eigenvalue weighted by Gasteiger charge is -2.03. The Bertz CT molecular complexity index is 196. The largest absolute Gasteiger partial charge is 0.522 e. The number of allylic oxidation sites excluding steroid dienone is 2. The van der Waals surface area contributed by atoms with Crippen LogP contribution in [0.5, 0.6) is 0 Å². The number of alkyl halides is 3. The summed E-state index contributed by atoms with van der Waals surface area (Å²) in [5.41, 5.74) is 0.741. The molecule has 0 aliphatic carbocycles. The van der Waals surface area contributed by atoms with Gasteiger partial charge in [0, 0.05) is 12.7 Å². The van der Waals surface area contributed by atoms with Gasteiger partial charge < -0.3 is 5.32 Å². The molecule has 0 aromatic heterocycles. The van der Waals surface area contributed by atoms with Crippen LogP contribution in [0, 0.1) is 0 Å². The second-order valence-corrected chi connectivity index (χ2v) is 2.15. The van der Waals surface area contributed by atoms with E-state index in [0.717, 1.165) is 5.70 Å². The van der Waals surface area contributed by atoms with Crippen molar-refractivity contribution in [3.8, 4) is 0 Å². The molecule has 2 nitrogen and oxygen atoms in total.